The zero-order valence-corrected chi connectivity index (χ0v) is 17.2. The first-order valence-corrected chi connectivity index (χ1v) is 10.1. The second-order valence-corrected chi connectivity index (χ2v) is 8.68. The maximum absolute atomic E-state index is 12.7. The maximum Gasteiger partial charge on any atom is 0.271 e. The molecule has 3 aromatic heterocycles. The van der Waals surface area contributed by atoms with E-state index in [4.69, 9.17) is 0 Å². The van der Waals surface area contributed by atoms with Crippen molar-refractivity contribution in [3.05, 3.63) is 81.3 Å². The van der Waals surface area contributed by atoms with Gasteiger partial charge < -0.3 is 5.32 Å². The number of carbonyl (C=O) groups is 1. The molecule has 8 heteroatoms. The van der Waals surface area contributed by atoms with Crippen molar-refractivity contribution in [3.8, 4) is 0 Å². The molecule has 4 aromatic rings. The fourth-order valence-electron chi connectivity index (χ4n) is 3.01. The highest BCUT2D eigenvalue weighted by atomic mass is 32.1. The highest BCUT2D eigenvalue weighted by Crippen LogP contribution is 2.22. The summed E-state index contributed by atoms with van der Waals surface area (Å²) in [6.07, 6.45) is 4.54. The van der Waals surface area contributed by atoms with Crippen LogP contribution in [0.1, 0.15) is 42.3 Å². The quantitative estimate of drug-likeness (QED) is 0.561. The molecule has 3 heterocycles. The van der Waals surface area contributed by atoms with E-state index < -0.39 is 11.5 Å². The molecule has 29 heavy (non-hydrogen) atoms. The zero-order chi connectivity index (χ0) is 20.6. The number of aromatic nitrogens is 4. The maximum atomic E-state index is 12.7. The first-order valence-electron chi connectivity index (χ1n) is 9.20. The van der Waals surface area contributed by atoms with Crippen LogP contribution < -0.4 is 10.9 Å². The molecular weight excluding hydrogens is 386 g/mol. The van der Waals surface area contributed by atoms with Crippen molar-refractivity contribution in [2.75, 3.05) is 5.32 Å². The fourth-order valence-corrected chi connectivity index (χ4v) is 3.69. The zero-order valence-electron chi connectivity index (χ0n) is 16.4. The Labute approximate surface area is 171 Å². The second-order valence-electron chi connectivity index (χ2n) is 7.81. The summed E-state index contributed by atoms with van der Waals surface area (Å²) in [6.45, 7) is 7.03. The molecule has 0 aliphatic heterocycles. The van der Waals surface area contributed by atoms with Gasteiger partial charge in [-0.15, -0.1) is 11.3 Å². The van der Waals surface area contributed by atoms with E-state index in [2.05, 4.69) is 60.4 Å². The van der Waals surface area contributed by atoms with Gasteiger partial charge in [0, 0.05) is 23.8 Å². The second kappa shape index (κ2) is 7.29. The Kier molecular flexibility index (Phi) is 4.79. The van der Waals surface area contributed by atoms with E-state index in [9.17, 15) is 9.59 Å². The Balaban J connectivity index is 1.54. The van der Waals surface area contributed by atoms with Crippen LogP contribution in [0.5, 0.6) is 0 Å². The lowest BCUT2D eigenvalue weighted by molar-refractivity contribution is 0.102. The lowest BCUT2D eigenvalue weighted by Crippen LogP contribution is -2.26. The minimum Gasteiger partial charge on any atom is -0.307 e. The molecule has 1 amide bonds. The van der Waals surface area contributed by atoms with E-state index in [1.807, 2.05) is 0 Å². The van der Waals surface area contributed by atoms with E-state index in [-0.39, 0.29) is 11.0 Å². The van der Waals surface area contributed by atoms with Crippen LogP contribution in [0.15, 0.2) is 59.1 Å². The van der Waals surface area contributed by atoms with Gasteiger partial charge in [0.2, 0.25) is 0 Å². The Morgan fingerprint density at radius 1 is 1.17 bits per heavy atom. The van der Waals surface area contributed by atoms with Gasteiger partial charge in [-0.25, -0.2) is 9.67 Å². The van der Waals surface area contributed by atoms with Crippen molar-refractivity contribution in [3.63, 3.8) is 0 Å². The fraction of sp³-hybridized carbons (Fsp3) is 0.238. The summed E-state index contributed by atoms with van der Waals surface area (Å²) >= 11 is 1.34. The molecule has 0 saturated heterocycles. The SMILES string of the molecule is CC(C)(C)c1ccc(Cn2nccc2NC(=O)c2cnc3sccn3c2=O)cc1. The molecular formula is C21H21N5O2S. The summed E-state index contributed by atoms with van der Waals surface area (Å²) in [5.74, 6) is 0.0117. The van der Waals surface area contributed by atoms with Crippen LogP contribution in [0.4, 0.5) is 5.82 Å². The van der Waals surface area contributed by atoms with Gasteiger partial charge >= 0.3 is 0 Å². The van der Waals surface area contributed by atoms with Crippen molar-refractivity contribution < 1.29 is 4.79 Å². The van der Waals surface area contributed by atoms with Crippen molar-refractivity contribution in [1.29, 1.82) is 0 Å². The van der Waals surface area contributed by atoms with Crippen molar-refractivity contribution in [1.82, 2.24) is 19.2 Å². The van der Waals surface area contributed by atoms with Crippen LogP contribution in [0, 0.1) is 0 Å². The minimum atomic E-state index is -0.507. The predicted molar refractivity (Wildman–Crippen MR) is 114 cm³/mol. The van der Waals surface area contributed by atoms with Gasteiger partial charge in [-0.2, -0.15) is 5.10 Å². The van der Waals surface area contributed by atoms with E-state index >= 15 is 0 Å². The van der Waals surface area contributed by atoms with E-state index in [1.165, 1.54) is 27.5 Å². The Bertz CT molecular complexity index is 1230. The van der Waals surface area contributed by atoms with Crippen LogP contribution in [0.25, 0.3) is 4.96 Å². The number of benzene rings is 1. The molecule has 0 atom stereocenters. The third-order valence-corrected chi connectivity index (χ3v) is 5.47. The standard InChI is InChI=1S/C21H21N5O2S/c1-21(2,3)15-6-4-14(5-7-15)13-26-17(8-9-23-26)24-18(27)16-12-22-20-25(19(16)28)10-11-29-20/h4-12H,13H2,1-3H3,(H,24,27). The Morgan fingerprint density at radius 2 is 1.93 bits per heavy atom. The van der Waals surface area contributed by atoms with Gasteiger partial charge in [0.1, 0.15) is 11.4 Å². The van der Waals surface area contributed by atoms with Crippen LogP contribution in [-0.2, 0) is 12.0 Å². The molecule has 0 fully saturated rings. The van der Waals surface area contributed by atoms with Crippen molar-refractivity contribution >= 4 is 28.0 Å². The molecule has 1 N–H and O–H groups in total. The summed E-state index contributed by atoms with van der Waals surface area (Å²) in [5, 5.41) is 8.83. The summed E-state index contributed by atoms with van der Waals surface area (Å²) in [7, 11) is 0. The molecule has 0 radical (unpaired) electrons. The lowest BCUT2D eigenvalue weighted by atomic mass is 9.87. The summed E-state index contributed by atoms with van der Waals surface area (Å²) in [5.41, 5.74) is 2.01. The Morgan fingerprint density at radius 3 is 2.66 bits per heavy atom. The molecule has 148 valence electrons. The molecule has 0 aliphatic rings. The molecule has 0 spiro atoms. The topological polar surface area (TPSA) is 81.3 Å². The highest BCUT2D eigenvalue weighted by molar-refractivity contribution is 7.15. The van der Waals surface area contributed by atoms with Gasteiger partial charge in [0.15, 0.2) is 4.96 Å². The molecule has 7 nitrogen and oxygen atoms in total. The van der Waals surface area contributed by atoms with E-state index in [1.54, 1.807) is 28.5 Å². The number of fused-ring (bicyclic) bond motifs is 1. The summed E-state index contributed by atoms with van der Waals surface area (Å²) in [4.78, 5) is 29.9. The number of hydrogen-bond donors (Lipinski definition) is 1. The first-order chi connectivity index (χ1) is 13.8. The summed E-state index contributed by atoms with van der Waals surface area (Å²) in [6, 6.07) is 10.1. The largest absolute Gasteiger partial charge is 0.307 e. The lowest BCUT2D eigenvalue weighted by Gasteiger charge is -2.19. The number of nitrogens with one attached hydrogen (secondary N) is 1. The number of anilines is 1. The molecule has 4 rings (SSSR count). The molecule has 0 unspecified atom stereocenters. The van der Waals surface area contributed by atoms with Crippen LogP contribution in [0.2, 0.25) is 0 Å². The average molecular weight is 407 g/mol. The monoisotopic (exact) mass is 407 g/mol. The number of nitrogens with zero attached hydrogens (tertiary/aromatic N) is 4. The predicted octanol–water partition coefficient (Wildman–Crippen LogP) is 3.55. The number of thiazole rings is 1. The molecule has 1 aromatic carbocycles. The minimum absolute atomic E-state index is 0.0109. The van der Waals surface area contributed by atoms with Gasteiger partial charge in [0.05, 0.1) is 12.7 Å². The molecule has 0 aliphatic carbocycles. The van der Waals surface area contributed by atoms with Gasteiger partial charge in [0.25, 0.3) is 11.5 Å². The highest BCUT2D eigenvalue weighted by Gasteiger charge is 2.16. The Hall–Kier alpha value is -3.26. The number of hydrogen-bond acceptors (Lipinski definition) is 5. The molecule has 0 bridgehead atoms. The van der Waals surface area contributed by atoms with E-state index in [0.29, 0.717) is 17.3 Å². The number of carbonyl (C=O) groups excluding carboxylic acids is 1. The third-order valence-electron chi connectivity index (χ3n) is 4.70. The van der Waals surface area contributed by atoms with Crippen LogP contribution >= 0.6 is 11.3 Å². The first kappa shape index (κ1) is 19.1. The van der Waals surface area contributed by atoms with Gasteiger partial charge in [-0.05, 0) is 16.5 Å². The van der Waals surface area contributed by atoms with Crippen molar-refractivity contribution in [2.45, 2.75) is 32.7 Å². The third kappa shape index (κ3) is 3.84. The van der Waals surface area contributed by atoms with E-state index in [0.717, 1.165) is 5.56 Å². The van der Waals surface area contributed by atoms with Gasteiger partial charge in [-0.3, -0.25) is 14.0 Å². The normalized spacial score (nSPS) is 11.7. The number of amides is 1. The van der Waals surface area contributed by atoms with Gasteiger partial charge in [-0.1, -0.05) is 45.0 Å². The van der Waals surface area contributed by atoms with Crippen molar-refractivity contribution in [2.24, 2.45) is 0 Å². The van der Waals surface area contributed by atoms with Crippen LogP contribution in [0.3, 0.4) is 0 Å². The number of rotatable bonds is 4. The summed E-state index contributed by atoms with van der Waals surface area (Å²) < 4.78 is 3.06. The average Bonchev–Trinajstić information content (AvgIpc) is 3.32. The molecule has 0 saturated carbocycles. The van der Waals surface area contributed by atoms with Crippen LogP contribution in [-0.4, -0.2) is 25.1 Å². The smallest absolute Gasteiger partial charge is 0.271 e.